The van der Waals surface area contributed by atoms with Gasteiger partial charge in [0, 0.05) is 12.1 Å². The zero-order valence-electron chi connectivity index (χ0n) is 20.0. The van der Waals surface area contributed by atoms with E-state index in [1.807, 2.05) is 32.0 Å². The molecular weight excluding hydrogens is 468 g/mol. The van der Waals surface area contributed by atoms with Gasteiger partial charge in [0.05, 0.1) is 30.9 Å². The lowest BCUT2D eigenvalue weighted by atomic mass is 10.1. The van der Waals surface area contributed by atoms with Gasteiger partial charge in [0.15, 0.2) is 11.5 Å². The second-order valence-corrected chi connectivity index (χ2v) is 9.17. The maximum atomic E-state index is 12.7. The molecule has 0 aromatic heterocycles. The predicted molar refractivity (Wildman–Crippen MR) is 135 cm³/mol. The van der Waals surface area contributed by atoms with E-state index in [2.05, 4.69) is 10.0 Å². The zero-order chi connectivity index (χ0) is 25.3. The van der Waals surface area contributed by atoms with Crippen molar-refractivity contribution in [2.45, 2.75) is 25.2 Å². The van der Waals surface area contributed by atoms with Gasteiger partial charge in [0.1, 0.15) is 5.75 Å². The number of methoxy groups -OCH3 is 1. The standard InChI is InChI=1S/C26H30N2O6S/c1-4-33-24-15-10-19(18-25(24)34-5-2)16-17-27-26(29)20-11-13-21(14-12-20)35(30,31)28-22-8-6-7-9-23(22)32-3/h6-15,18,28H,4-5,16-17H2,1-3H3,(H,27,29). The Balaban J connectivity index is 1.60. The number of benzene rings is 3. The molecule has 0 radical (unpaired) electrons. The third kappa shape index (κ3) is 6.89. The number of nitrogens with one attached hydrogen (secondary N) is 2. The molecule has 0 unspecified atom stereocenters. The van der Waals surface area contributed by atoms with Crippen molar-refractivity contribution in [3.63, 3.8) is 0 Å². The fourth-order valence-corrected chi connectivity index (χ4v) is 4.46. The van der Waals surface area contributed by atoms with Crippen LogP contribution in [0.4, 0.5) is 5.69 Å². The highest BCUT2D eigenvalue weighted by molar-refractivity contribution is 7.92. The summed E-state index contributed by atoms with van der Waals surface area (Å²) in [5.74, 6) is 1.49. The number of ether oxygens (including phenoxy) is 3. The molecule has 3 aromatic carbocycles. The van der Waals surface area contributed by atoms with Crippen LogP contribution in [0.15, 0.2) is 71.6 Å². The highest BCUT2D eigenvalue weighted by Crippen LogP contribution is 2.29. The fraction of sp³-hybridized carbons (Fsp3) is 0.269. The molecule has 0 fully saturated rings. The number of amides is 1. The molecule has 3 rings (SSSR count). The van der Waals surface area contributed by atoms with Gasteiger partial charge in [0.2, 0.25) is 0 Å². The SMILES string of the molecule is CCOc1ccc(CCNC(=O)c2ccc(S(=O)(=O)Nc3ccccc3OC)cc2)cc1OCC. The van der Waals surface area contributed by atoms with Gasteiger partial charge < -0.3 is 19.5 Å². The van der Waals surface area contributed by atoms with Gasteiger partial charge in [-0.3, -0.25) is 9.52 Å². The molecule has 0 saturated heterocycles. The van der Waals surface area contributed by atoms with Crippen LogP contribution in [0.3, 0.4) is 0 Å². The predicted octanol–water partition coefficient (Wildman–Crippen LogP) is 4.27. The Hall–Kier alpha value is -3.72. The highest BCUT2D eigenvalue weighted by atomic mass is 32.2. The first-order chi connectivity index (χ1) is 16.9. The molecule has 0 aliphatic carbocycles. The maximum absolute atomic E-state index is 12.7. The van der Waals surface area contributed by atoms with Crippen molar-refractivity contribution in [3.8, 4) is 17.2 Å². The van der Waals surface area contributed by atoms with E-state index in [0.29, 0.717) is 54.7 Å². The summed E-state index contributed by atoms with van der Waals surface area (Å²) in [6.07, 6.45) is 0.605. The monoisotopic (exact) mass is 498 g/mol. The van der Waals surface area contributed by atoms with E-state index in [9.17, 15) is 13.2 Å². The normalized spacial score (nSPS) is 10.9. The number of hydrogen-bond acceptors (Lipinski definition) is 6. The van der Waals surface area contributed by atoms with Crippen molar-refractivity contribution in [2.24, 2.45) is 0 Å². The molecule has 0 spiro atoms. The number of carbonyl (C=O) groups is 1. The molecule has 0 heterocycles. The summed E-state index contributed by atoms with van der Waals surface area (Å²) in [6.45, 7) is 5.31. The Kier molecular flexibility index (Phi) is 8.97. The maximum Gasteiger partial charge on any atom is 0.262 e. The quantitative estimate of drug-likeness (QED) is 0.387. The van der Waals surface area contributed by atoms with Crippen molar-refractivity contribution in [2.75, 3.05) is 31.6 Å². The van der Waals surface area contributed by atoms with Crippen molar-refractivity contribution < 1.29 is 27.4 Å². The summed E-state index contributed by atoms with van der Waals surface area (Å²) in [5, 5.41) is 2.86. The Morgan fingerprint density at radius 1 is 0.857 bits per heavy atom. The van der Waals surface area contributed by atoms with Crippen LogP contribution in [0.25, 0.3) is 0 Å². The van der Waals surface area contributed by atoms with Crippen molar-refractivity contribution >= 4 is 21.6 Å². The molecule has 1 amide bonds. The van der Waals surface area contributed by atoms with Crippen LogP contribution < -0.4 is 24.2 Å². The van der Waals surface area contributed by atoms with Gasteiger partial charge in [-0.15, -0.1) is 0 Å². The molecule has 35 heavy (non-hydrogen) atoms. The highest BCUT2D eigenvalue weighted by Gasteiger charge is 2.17. The zero-order valence-corrected chi connectivity index (χ0v) is 20.9. The van der Waals surface area contributed by atoms with E-state index in [1.165, 1.54) is 31.4 Å². The lowest BCUT2D eigenvalue weighted by Crippen LogP contribution is -2.25. The minimum Gasteiger partial charge on any atom is -0.495 e. The van der Waals surface area contributed by atoms with Gasteiger partial charge >= 0.3 is 0 Å². The molecule has 0 aliphatic rings. The molecule has 9 heteroatoms. The first-order valence-electron chi connectivity index (χ1n) is 11.3. The third-order valence-corrected chi connectivity index (χ3v) is 6.47. The molecule has 0 aliphatic heterocycles. The van der Waals surface area contributed by atoms with Gasteiger partial charge in [-0.1, -0.05) is 18.2 Å². The van der Waals surface area contributed by atoms with E-state index in [-0.39, 0.29) is 10.8 Å². The molecule has 3 aromatic rings. The van der Waals surface area contributed by atoms with Gasteiger partial charge in [0.25, 0.3) is 15.9 Å². The second kappa shape index (κ2) is 12.1. The average molecular weight is 499 g/mol. The van der Waals surface area contributed by atoms with Crippen molar-refractivity contribution in [3.05, 3.63) is 77.9 Å². The number of rotatable bonds is 12. The van der Waals surface area contributed by atoms with E-state index >= 15 is 0 Å². The Morgan fingerprint density at radius 2 is 1.54 bits per heavy atom. The van der Waals surface area contributed by atoms with Gasteiger partial charge in [-0.25, -0.2) is 8.42 Å². The molecule has 0 bridgehead atoms. The third-order valence-electron chi connectivity index (χ3n) is 5.09. The summed E-state index contributed by atoms with van der Waals surface area (Å²) < 4.78 is 44.4. The number of sulfonamides is 1. The van der Waals surface area contributed by atoms with E-state index < -0.39 is 10.0 Å². The van der Waals surface area contributed by atoms with Crippen LogP contribution in [0.1, 0.15) is 29.8 Å². The van der Waals surface area contributed by atoms with Gasteiger partial charge in [-0.2, -0.15) is 0 Å². The first kappa shape index (κ1) is 25.9. The van der Waals surface area contributed by atoms with Crippen LogP contribution >= 0.6 is 0 Å². The smallest absolute Gasteiger partial charge is 0.262 e. The van der Waals surface area contributed by atoms with E-state index in [0.717, 1.165) is 5.56 Å². The largest absolute Gasteiger partial charge is 0.495 e. The number of carbonyl (C=O) groups excluding carboxylic acids is 1. The molecular formula is C26H30N2O6S. The molecule has 8 nitrogen and oxygen atoms in total. The number of hydrogen-bond donors (Lipinski definition) is 2. The molecule has 0 atom stereocenters. The molecule has 186 valence electrons. The van der Waals surface area contributed by atoms with Crippen LogP contribution in [0, 0.1) is 0 Å². The summed E-state index contributed by atoms with van der Waals surface area (Å²) >= 11 is 0. The average Bonchev–Trinajstić information content (AvgIpc) is 2.86. The lowest BCUT2D eigenvalue weighted by Gasteiger charge is -2.13. The van der Waals surface area contributed by atoms with Crippen molar-refractivity contribution in [1.29, 1.82) is 0 Å². The van der Waals surface area contributed by atoms with E-state index in [4.69, 9.17) is 14.2 Å². The topological polar surface area (TPSA) is 103 Å². The Labute approximate surface area is 206 Å². The lowest BCUT2D eigenvalue weighted by molar-refractivity contribution is 0.0954. The van der Waals surface area contributed by atoms with Crippen LogP contribution in [0.2, 0.25) is 0 Å². The molecule has 0 saturated carbocycles. The Bertz CT molecular complexity index is 1240. The van der Waals surface area contributed by atoms with E-state index in [1.54, 1.807) is 24.3 Å². The number of para-hydroxylation sites is 2. The second-order valence-electron chi connectivity index (χ2n) is 7.48. The molecule has 2 N–H and O–H groups in total. The minimum atomic E-state index is -3.84. The Morgan fingerprint density at radius 3 is 2.23 bits per heavy atom. The van der Waals surface area contributed by atoms with Crippen molar-refractivity contribution in [1.82, 2.24) is 5.32 Å². The van der Waals surface area contributed by atoms with Crippen LogP contribution in [-0.4, -0.2) is 41.2 Å². The number of anilines is 1. The minimum absolute atomic E-state index is 0.0396. The first-order valence-corrected chi connectivity index (χ1v) is 12.8. The summed E-state index contributed by atoms with van der Waals surface area (Å²) in [6, 6.07) is 18.2. The summed E-state index contributed by atoms with van der Waals surface area (Å²) in [7, 11) is -2.38. The van der Waals surface area contributed by atoms with Gasteiger partial charge in [-0.05, 0) is 74.4 Å². The van der Waals surface area contributed by atoms with Crippen LogP contribution in [0.5, 0.6) is 17.2 Å². The summed E-state index contributed by atoms with van der Waals surface area (Å²) in [4.78, 5) is 12.6. The fourth-order valence-electron chi connectivity index (χ4n) is 3.39. The summed E-state index contributed by atoms with van der Waals surface area (Å²) in [5.41, 5.74) is 1.70. The van der Waals surface area contributed by atoms with Crippen LogP contribution in [-0.2, 0) is 16.4 Å².